The van der Waals surface area contributed by atoms with E-state index in [4.69, 9.17) is 11.6 Å². The zero-order valence-corrected chi connectivity index (χ0v) is 17.3. The Kier molecular flexibility index (Phi) is 6.12. The molecule has 0 radical (unpaired) electrons. The number of rotatable bonds is 5. The molecule has 0 aromatic heterocycles. The molecule has 0 aliphatic carbocycles. The molecule has 10 heteroatoms. The number of anilines is 1. The third-order valence-corrected chi connectivity index (χ3v) is 5.68. The smallest absolute Gasteiger partial charge is 0.289 e. The van der Waals surface area contributed by atoms with Crippen LogP contribution in [0.2, 0.25) is 5.02 Å². The lowest BCUT2D eigenvalue weighted by Crippen LogP contribution is -2.40. The van der Waals surface area contributed by atoms with E-state index in [0.717, 1.165) is 6.07 Å². The van der Waals surface area contributed by atoms with Gasteiger partial charge in [0.25, 0.3) is 11.6 Å². The molecule has 2 N–H and O–H groups in total. The Bertz CT molecular complexity index is 1050. The molecule has 0 aliphatic rings. The van der Waals surface area contributed by atoms with E-state index < -0.39 is 26.4 Å². The first-order valence-corrected chi connectivity index (χ1v) is 10.1. The van der Waals surface area contributed by atoms with Crippen molar-refractivity contribution in [2.24, 2.45) is 0 Å². The number of halogens is 1. The van der Waals surface area contributed by atoms with Crippen molar-refractivity contribution in [3.63, 3.8) is 0 Å². The quantitative estimate of drug-likeness (QED) is 0.556. The van der Waals surface area contributed by atoms with Crippen LogP contribution in [0.4, 0.5) is 11.4 Å². The Hall–Kier alpha value is -2.49. The van der Waals surface area contributed by atoms with E-state index >= 15 is 0 Å². The molecule has 2 aromatic rings. The van der Waals surface area contributed by atoms with Crippen LogP contribution in [0.1, 0.15) is 36.7 Å². The van der Waals surface area contributed by atoms with E-state index in [2.05, 4.69) is 10.0 Å². The van der Waals surface area contributed by atoms with Gasteiger partial charge in [-0.25, -0.2) is 13.1 Å². The van der Waals surface area contributed by atoms with Crippen molar-refractivity contribution in [3.8, 4) is 0 Å². The van der Waals surface area contributed by atoms with Gasteiger partial charge in [-0.3, -0.25) is 14.9 Å². The number of carbonyl (C=O) groups excluding carboxylic acids is 1. The number of carbonyl (C=O) groups is 1. The van der Waals surface area contributed by atoms with Crippen LogP contribution in [0.5, 0.6) is 0 Å². The Labute approximate surface area is 168 Å². The van der Waals surface area contributed by atoms with Crippen molar-refractivity contribution in [3.05, 3.63) is 62.7 Å². The molecule has 0 heterocycles. The highest BCUT2D eigenvalue weighted by Crippen LogP contribution is 2.28. The molecule has 0 unspecified atom stereocenters. The lowest BCUT2D eigenvalue weighted by atomic mass is 10.1. The Morgan fingerprint density at radius 3 is 2.36 bits per heavy atom. The van der Waals surface area contributed by atoms with Crippen LogP contribution in [0.15, 0.2) is 41.3 Å². The van der Waals surface area contributed by atoms with Crippen molar-refractivity contribution < 1.29 is 18.1 Å². The van der Waals surface area contributed by atoms with Crippen molar-refractivity contribution in [1.82, 2.24) is 4.72 Å². The van der Waals surface area contributed by atoms with Crippen LogP contribution < -0.4 is 10.0 Å². The molecule has 28 heavy (non-hydrogen) atoms. The summed E-state index contributed by atoms with van der Waals surface area (Å²) in [5.41, 5.74) is -0.178. The van der Waals surface area contributed by atoms with Crippen LogP contribution >= 0.6 is 11.6 Å². The van der Waals surface area contributed by atoms with Crippen molar-refractivity contribution in [2.45, 2.75) is 38.1 Å². The van der Waals surface area contributed by atoms with Gasteiger partial charge in [0, 0.05) is 22.9 Å². The largest absolute Gasteiger partial charge is 0.322 e. The summed E-state index contributed by atoms with van der Waals surface area (Å²) in [5.74, 6) is -0.595. The highest BCUT2D eigenvalue weighted by atomic mass is 35.5. The summed E-state index contributed by atoms with van der Waals surface area (Å²) in [4.78, 5) is 22.9. The molecule has 0 aliphatic heterocycles. The van der Waals surface area contributed by atoms with Crippen LogP contribution in [-0.2, 0) is 10.0 Å². The first-order chi connectivity index (χ1) is 12.8. The lowest BCUT2D eigenvalue weighted by Gasteiger charge is -2.20. The first kappa shape index (κ1) is 21.8. The van der Waals surface area contributed by atoms with Gasteiger partial charge in [0.05, 0.1) is 9.82 Å². The fourth-order valence-electron chi connectivity index (χ4n) is 2.40. The second-order valence-electron chi connectivity index (χ2n) is 7.21. The monoisotopic (exact) mass is 425 g/mol. The molecule has 0 saturated carbocycles. The number of sulfonamides is 1. The number of hydrogen-bond acceptors (Lipinski definition) is 5. The molecule has 0 fully saturated rings. The summed E-state index contributed by atoms with van der Waals surface area (Å²) in [6.07, 6.45) is 0. The minimum atomic E-state index is -3.82. The number of amides is 1. The molecule has 2 aromatic carbocycles. The van der Waals surface area contributed by atoms with Crippen LogP contribution in [0, 0.1) is 17.0 Å². The Morgan fingerprint density at radius 1 is 1.14 bits per heavy atom. The maximum absolute atomic E-state index is 12.6. The maximum atomic E-state index is 12.6. The number of benzene rings is 2. The van der Waals surface area contributed by atoms with Crippen molar-refractivity contribution in [2.75, 3.05) is 5.32 Å². The van der Waals surface area contributed by atoms with E-state index in [1.165, 1.54) is 30.3 Å². The van der Waals surface area contributed by atoms with E-state index in [1.807, 2.05) is 0 Å². The predicted octanol–water partition coefficient (Wildman–Crippen LogP) is 3.89. The Morgan fingerprint density at radius 2 is 1.79 bits per heavy atom. The number of hydrogen-bond donors (Lipinski definition) is 2. The normalized spacial score (nSPS) is 11.9. The summed E-state index contributed by atoms with van der Waals surface area (Å²) < 4.78 is 27.6. The maximum Gasteiger partial charge on any atom is 0.289 e. The van der Waals surface area contributed by atoms with E-state index in [0.29, 0.717) is 5.56 Å². The molecule has 0 atom stereocenters. The van der Waals surface area contributed by atoms with Crippen LogP contribution in [0.25, 0.3) is 0 Å². The summed E-state index contributed by atoms with van der Waals surface area (Å²) in [6, 6.07) is 8.06. The molecule has 8 nitrogen and oxygen atoms in total. The topological polar surface area (TPSA) is 118 Å². The fourth-order valence-corrected chi connectivity index (χ4v) is 4.03. The average molecular weight is 426 g/mol. The fraction of sp³-hybridized carbons (Fsp3) is 0.278. The van der Waals surface area contributed by atoms with Crippen LogP contribution in [-0.4, -0.2) is 24.8 Å². The van der Waals surface area contributed by atoms with Gasteiger partial charge in [-0.1, -0.05) is 17.7 Å². The predicted molar refractivity (Wildman–Crippen MR) is 107 cm³/mol. The van der Waals surface area contributed by atoms with Gasteiger partial charge >= 0.3 is 0 Å². The molecular formula is C18H20ClN3O5S. The van der Waals surface area contributed by atoms with Gasteiger partial charge in [0.2, 0.25) is 10.0 Å². The average Bonchev–Trinajstić information content (AvgIpc) is 2.54. The molecule has 0 bridgehead atoms. The molecular weight excluding hydrogens is 406 g/mol. The standard InChI is InChI=1S/C18H20ClN3O5S/c1-11-5-7-13(28(26,27)21-18(2,3)4)10-14(11)17(23)20-12-6-8-15(19)16(9-12)22(24)25/h5-10,21H,1-4H3,(H,20,23). The molecule has 0 saturated heterocycles. The molecule has 0 spiro atoms. The number of nitrogens with one attached hydrogen (secondary N) is 2. The van der Waals surface area contributed by atoms with Crippen molar-refractivity contribution in [1.29, 1.82) is 0 Å². The minimum absolute atomic E-state index is 0.0551. The summed E-state index contributed by atoms with van der Waals surface area (Å²) in [6.45, 7) is 6.78. The van der Waals surface area contributed by atoms with E-state index in [1.54, 1.807) is 27.7 Å². The Balaban J connectivity index is 2.37. The number of nitrogens with zero attached hydrogens (tertiary/aromatic N) is 1. The van der Waals surface area contributed by atoms with E-state index in [9.17, 15) is 23.3 Å². The van der Waals surface area contributed by atoms with Gasteiger partial charge in [-0.05, 0) is 57.5 Å². The first-order valence-electron chi connectivity index (χ1n) is 8.20. The SMILES string of the molecule is Cc1ccc(S(=O)(=O)NC(C)(C)C)cc1C(=O)Nc1ccc(Cl)c([N+](=O)[O-])c1. The summed E-state index contributed by atoms with van der Waals surface area (Å²) in [7, 11) is -3.82. The lowest BCUT2D eigenvalue weighted by molar-refractivity contribution is -0.384. The highest BCUT2D eigenvalue weighted by Gasteiger charge is 2.24. The van der Waals surface area contributed by atoms with Gasteiger partial charge in [-0.2, -0.15) is 0 Å². The molecule has 2 rings (SSSR count). The molecule has 1 amide bonds. The van der Waals surface area contributed by atoms with Crippen LogP contribution in [0.3, 0.4) is 0 Å². The second-order valence-corrected chi connectivity index (χ2v) is 9.30. The highest BCUT2D eigenvalue weighted by molar-refractivity contribution is 7.89. The van der Waals surface area contributed by atoms with Gasteiger partial charge in [-0.15, -0.1) is 0 Å². The number of aryl methyl sites for hydroxylation is 1. The van der Waals surface area contributed by atoms with Crippen molar-refractivity contribution >= 4 is 38.9 Å². The summed E-state index contributed by atoms with van der Waals surface area (Å²) >= 11 is 5.77. The zero-order valence-electron chi connectivity index (χ0n) is 15.7. The van der Waals surface area contributed by atoms with Gasteiger partial charge in [0.15, 0.2) is 0 Å². The van der Waals surface area contributed by atoms with Gasteiger partial charge in [0.1, 0.15) is 5.02 Å². The third-order valence-electron chi connectivity index (χ3n) is 3.61. The minimum Gasteiger partial charge on any atom is -0.322 e. The second kappa shape index (κ2) is 7.86. The van der Waals surface area contributed by atoms with Gasteiger partial charge < -0.3 is 5.32 Å². The summed E-state index contributed by atoms with van der Waals surface area (Å²) in [5, 5.41) is 13.5. The third kappa shape index (κ3) is 5.28. The molecule has 150 valence electrons. The van der Waals surface area contributed by atoms with E-state index in [-0.39, 0.29) is 26.9 Å². The zero-order chi connectivity index (χ0) is 21.3. The number of nitro benzene ring substituents is 1. The number of nitro groups is 1.